The fourth-order valence-electron chi connectivity index (χ4n) is 2.56. The van der Waals surface area contributed by atoms with Gasteiger partial charge in [0, 0.05) is 6.54 Å². The van der Waals surface area contributed by atoms with Crippen molar-refractivity contribution in [2.75, 3.05) is 6.54 Å². The maximum atomic E-state index is 3.22. The van der Waals surface area contributed by atoms with Crippen molar-refractivity contribution in [3.05, 3.63) is 23.9 Å². The lowest BCUT2D eigenvalue weighted by Gasteiger charge is -2.22. The van der Waals surface area contributed by atoms with E-state index in [2.05, 4.69) is 23.7 Å². The predicted octanol–water partition coefficient (Wildman–Crippen LogP) is 3.39. The van der Waals surface area contributed by atoms with Gasteiger partial charge in [-0.3, -0.25) is 0 Å². The Morgan fingerprint density at radius 3 is 2.36 bits per heavy atom. The molecule has 0 saturated heterocycles. The number of dihydropyridines is 1. The van der Waals surface area contributed by atoms with Crippen LogP contribution in [-0.4, -0.2) is 6.54 Å². The molecule has 0 aromatic heterocycles. The summed E-state index contributed by atoms with van der Waals surface area (Å²) >= 11 is 0. The van der Waals surface area contributed by atoms with Gasteiger partial charge in [0.15, 0.2) is 0 Å². The van der Waals surface area contributed by atoms with Gasteiger partial charge in [-0.05, 0) is 36.6 Å². The molecule has 1 N–H and O–H groups in total. The first-order chi connectivity index (χ1) is 6.97. The Labute approximate surface area is 87.3 Å². The Kier molecular flexibility index (Phi) is 3.67. The molecule has 0 unspecified atom stereocenters. The summed E-state index contributed by atoms with van der Waals surface area (Å²) in [5.74, 6) is 0.855. The van der Waals surface area contributed by atoms with Gasteiger partial charge in [0.1, 0.15) is 0 Å². The summed E-state index contributed by atoms with van der Waals surface area (Å²) in [6, 6.07) is 0. The van der Waals surface area contributed by atoms with Gasteiger partial charge in [-0.15, -0.1) is 0 Å². The van der Waals surface area contributed by atoms with E-state index in [1.54, 1.807) is 5.57 Å². The fourth-order valence-corrected chi connectivity index (χ4v) is 2.56. The van der Waals surface area contributed by atoms with Crippen molar-refractivity contribution in [2.45, 2.75) is 44.9 Å². The van der Waals surface area contributed by atoms with E-state index in [9.17, 15) is 0 Å². The summed E-state index contributed by atoms with van der Waals surface area (Å²) in [6.07, 6.45) is 16.8. The summed E-state index contributed by atoms with van der Waals surface area (Å²) in [7, 11) is 0. The van der Waals surface area contributed by atoms with E-state index in [-0.39, 0.29) is 0 Å². The van der Waals surface area contributed by atoms with E-state index in [0.29, 0.717) is 0 Å². The SMILES string of the molecule is C1=CC(C2CCCCCCC2)=CCN1. The summed E-state index contributed by atoms with van der Waals surface area (Å²) in [6.45, 7) is 1.03. The van der Waals surface area contributed by atoms with E-state index in [1.165, 1.54) is 44.9 Å². The first-order valence-electron chi connectivity index (χ1n) is 6.07. The molecule has 1 heteroatoms. The van der Waals surface area contributed by atoms with Crippen LogP contribution in [0.1, 0.15) is 44.9 Å². The topological polar surface area (TPSA) is 12.0 Å². The molecule has 14 heavy (non-hydrogen) atoms. The smallest absolute Gasteiger partial charge is 0.0331 e. The minimum Gasteiger partial charge on any atom is -0.387 e. The average Bonchev–Trinajstić information content (AvgIpc) is 2.18. The van der Waals surface area contributed by atoms with Gasteiger partial charge < -0.3 is 5.32 Å². The third-order valence-electron chi connectivity index (χ3n) is 3.43. The van der Waals surface area contributed by atoms with E-state index in [0.717, 1.165) is 12.5 Å². The molecule has 0 atom stereocenters. The summed E-state index contributed by atoms with van der Waals surface area (Å²) in [5.41, 5.74) is 1.59. The van der Waals surface area contributed by atoms with Crippen LogP contribution in [0.25, 0.3) is 0 Å². The first kappa shape index (κ1) is 9.82. The van der Waals surface area contributed by atoms with Gasteiger partial charge in [-0.1, -0.05) is 38.2 Å². The van der Waals surface area contributed by atoms with Gasteiger partial charge in [-0.25, -0.2) is 0 Å². The third kappa shape index (κ3) is 2.63. The van der Waals surface area contributed by atoms with Crippen molar-refractivity contribution in [2.24, 2.45) is 5.92 Å². The summed E-state index contributed by atoms with van der Waals surface area (Å²) in [5, 5.41) is 3.22. The number of rotatable bonds is 1. The van der Waals surface area contributed by atoms with Gasteiger partial charge in [-0.2, -0.15) is 0 Å². The van der Waals surface area contributed by atoms with Crippen LogP contribution in [-0.2, 0) is 0 Å². The average molecular weight is 191 g/mol. The molecule has 2 aliphatic rings. The normalized spacial score (nSPS) is 24.7. The second kappa shape index (κ2) is 5.23. The lowest BCUT2D eigenvalue weighted by atomic mass is 9.85. The van der Waals surface area contributed by atoms with Crippen LogP contribution in [0.5, 0.6) is 0 Å². The quantitative estimate of drug-likeness (QED) is 0.670. The Morgan fingerprint density at radius 1 is 1.00 bits per heavy atom. The Bertz CT molecular complexity index is 219. The highest BCUT2D eigenvalue weighted by atomic mass is 14.8. The number of hydrogen-bond donors (Lipinski definition) is 1. The van der Waals surface area contributed by atoms with Gasteiger partial charge in [0.2, 0.25) is 0 Å². The van der Waals surface area contributed by atoms with Crippen LogP contribution in [0.15, 0.2) is 23.9 Å². The zero-order valence-corrected chi connectivity index (χ0v) is 8.97. The largest absolute Gasteiger partial charge is 0.387 e. The number of hydrogen-bond acceptors (Lipinski definition) is 1. The fraction of sp³-hybridized carbons (Fsp3) is 0.692. The molecule has 1 fully saturated rings. The predicted molar refractivity (Wildman–Crippen MR) is 61.0 cm³/mol. The molecular formula is C13H21N. The molecule has 0 spiro atoms. The molecule has 0 aromatic carbocycles. The van der Waals surface area contributed by atoms with Crippen LogP contribution >= 0.6 is 0 Å². The maximum absolute atomic E-state index is 3.22. The molecule has 0 amide bonds. The van der Waals surface area contributed by atoms with Gasteiger partial charge in [0.25, 0.3) is 0 Å². The number of allylic oxidation sites excluding steroid dienone is 2. The van der Waals surface area contributed by atoms with Crippen molar-refractivity contribution in [3.8, 4) is 0 Å². The Hall–Kier alpha value is -0.720. The molecule has 1 aliphatic heterocycles. The minimum atomic E-state index is 0.855. The van der Waals surface area contributed by atoms with Crippen molar-refractivity contribution in [1.29, 1.82) is 0 Å². The lowest BCUT2D eigenvalue weighted by Crippen LogP contribution is -2.14. The molecule has 1 heterocycles. The molecule has 2 rings (SSSR count). The van der Waals surface area contributed by atoms with Crippen LogP contribution in [0.4, 0.5) is 0 Å². The summed E-state index contributed by atoms with van der Waals surface area (Å²) < 4.78 is 0. The van der Waals surface area contributed by atoms with Crippen LogP contribution in [0.3, 0.4) is 0 Å². The maximum Gasteiger partial charge on any atom is 0.0331 e. The van der Waals surface area contributed by atoms with E-state index in [1.807, 2.05) is 0 Å². The molecule has 1 nitrogen and oxygen atoms in total. The monoisotopic (exact) mass is 191 g/mol. The first-order valence-corrected chi connectivity index (χ1v) is 6.07. The molecule has 0 bridgehead atoms. The molecule has 1 aliphatic carbocycles. The second-order valence-electron chi connectivity index (χ2n) is 4.49. The van der Waals surface area contributed by atoms with Crippen LogP contribution in [0, 0.1) is 5.92 Å². The van der Waals surface area contributed by atoms with E-state index >= 15 is 0 Å². The van der Waals surface area contributed by atoms with Gasteiger partial charge in [0.05, 0.1) is 0 Å². The Morgan fingerprint density at radius 2 is 1.71 bits per heavy atom. The van der Waals surface area contributed by atoms with Gasteiger partial charge >= 0.3 is 0 Å². The Balaban J connectivity index is 1.93. The van der Waals surface area contributed by atoms with Crippen molar-refractivity contribution < 1.29 is 0 Å². The number of nitrogens with one attached hydrogen (secondary N) is 1. The molecule has 1 saturated carbocycles. The highest BCUT2D eigenvalue weighted by Crippen LogP contribution is 2.28. The highest BCUT2D eigenvalue weighted by Gasteiger charge is 2.14. The molecule has 78 valence electrons. The standard InChI is InChI=1S/C13H21N/c1-2-4-6-12(7-5-3-1)13-8-10-14-11-9-13/h8-10,12,14H,1-7,11H2. The zero-order valence-electron chi connectivity index (χ0n) is 8.97. The molecule has 0 radical (unpaired) electrons. The molecule has 0 aromatic rings. The van der Waals surface area contributed by atoms with Crippen molar-refractivity contribution in [3.63, 3.8) is 0 Å². The molecular weight excluding hydrogens is 170 g/mol. The van der Waals surface area contributed by atoms with Crippen LogP contribution in [0.2, 0.25) is 0 Å². The van der Waals surface area contributed by atoms with Crippen LogP contribution < -0.4 is 5.32 Å². The third-order valence-corrected chi connectivity index (χ3v) is 3.43. The van der Waals surface area contributed by atoms with Crippen molar-refractivity contribution in [1.82, 2.24) is 5.32 Å². The van der Waals surface area contributed by atoms with E-state index in [4.69, 9.17) is 0 Å². The van der Waals surface area contributed by atoms with E-state index < -0.39 is 0 Å². The highest BCUT2D eigenvalue weighted by molar-refractivity contribution is 5.24. The second-order valence-corrected chi connectivity index (χ2v) is 4.49. The minimum absolute atomic E-state index is 0.855. The lowest BCUT2D eigenvalue weighted by molar-refractivity contribution is 0.423. The van der Waals surface area contributed by atoms with Crippen molar-refractivity contribution >= 4 is 0 Å². The summed E-state index contributed by atoms with van der Waals surface area (Å²) in [4.78, 5) is 0. The zero-order chi connectivity index (χ0) is 9.64.